The monoisotopic (exact) mass is 329 g/mol. The van der Waals surface area contributed by atoms with Gasteiger partial charge in [-0.25, -0.2) is 0 Å². The number of benzene rings is 1. The lowest BCUT2D eigenvalue weighted by atomic mass is 10.1. The van der Waals surface area contributed by atoms with Gasteiger partial charge in [-0.1, -0.05) is 6.07 Å². The van der Waals surface area contributed by atoms with Crippen molar-refractivity contribution in [3.8, 4) is 0 Å². The molecule has 2 heterocycles. The maximum atomic E-state index is 12.3. The van der Waals surface area contributed by atoms with Gasteiger partial charge in [0.1, 0.15) is 5.76 Å². The van der Waals surface area contributed by atoms with Gasteiger partial charge in [-0.15, -0.1) is 0 Å². The molecule has 1 N–H and O–H groups in total. The van der Waals surface area contributed by atoms with E-state index in [1.165, 1.54) is 24.5 Å². The summed E-state index contributed by atoms with van der Waals surface area (Å²) in [5.74, 6) is -0.286. The molecule has 1 aliphatic heterocycles. The number of furan rings is 1. The average Bonchev–Trinajstić information content (AvgIpc) is 3.18. The Hall–Kier alpha value is -3.16. The summed E-state index contributed by atoms with van der Waals surface area (Å²) in [5, 5.41) is 13.4. The van der Waals surface area contributed by atoms with Gasteiger partial charge in [-0.05, 0) is 18.2 Å². The number of rotatable bonds is 5. The molecule has 3 rings (SSSR count). The van der Waals surface area contributed by atoms with Crippen LogP contribution >= 0.6 is 0 Å². The van der Waals surface area contributed by atoms with Gasteiger partial charge in [0.05, 0.1) is 23.6 Å². The molecule has 1 fully saturated rings. The van der Waals surface area contributed by atoms with E-state index in [0.717, 1.165) is 0 Å². The lowest BCUT2D eigenvalue weighted by molar-refractivity contribution is -0.384. The van der Waals surface area contributed by atoms with Crippen LogP contribution in [0.1, 0.15) is 12.2 Å². The van der Waals surface area contributed by atoms with Crippen molar-refractivity contribution in [2.45, 2.75) is 13.0 Å². The fourth-order valence-corrected chi connectivity index (χ4v) is 2.63. The number of non-ortho nitro benzene ring substituents is 1. The van der Waals surface area contributed by atoms with Crippen molar-refractivity contribution in [2.24, 2.45) is 5.92 Å². The summed E-state index contributed by atoms with van der Waals surface area (Å²) in [4.78, 5) is 36.1. The number of nitro benzene ring substituents is 1. The molecule has 8 nitrogen and oxygen atoms in total. The molecule has 124 valence electrons. The number of amides is 2. The van der Waals surface area contributed by atoms with Gasteiger partial charge >= 0.3 is 0 Å². The van der Waals surface area contributed by atoms with Gasteiger partial charge in [0.25, 0.3) is 5.69 Å². The van der Waals surface area contributed by atoms with Gasteiger partial charge < -0.3 is 14.6 Å². The number of hydrogen-bond donors (Lipinski definition) is 1. The van der Waals surface area contributed by atoms with Crippen LogP contribution in [0, 0.1) is 16.0 Å². The van der Waals surface area contributed by atoms with Crippen LogP contribution in [0.2, 0.25) is 0 Å². The minimum atomic E-state index is -0.528. The van der Waals surface area contributed by atoms with Gasteiger partial charge in [-0.2, -0.15) is 0 Å². The third kappa shape index (κ3) is 3.43. The largest absolute Gasteiger partial charge is 0.467 e. The smallest absolute Gasteiger partial charge is 0.271 e. The number of carbonyl (C=O) groups excluding carboxylic acids is 2. The lowest BCUT2D eigenvalue weighted by Crippen LogP contribution is -2.27. The highest BCUT2D eigenvalue weighted by atomic mass is 16.6. The first-order chi connectivity index (χ1) is 11.5. The molecule has 0 spiro atoms. The molecule has 1 unspecified atom stereocenters. The summed E-state index contributed by atoms with van der Waals surface area (Å²) in [5.41, 5.74) is 0.237. The SMILES string of the molecule is O=C(Nc1cccc([N+](=O)[O-])c1)C1CC(=O)N(Cc2ccco2)C1. The molecule has 0 aliphatic carbocycles. The molecular formula is C16H15N3O5. The molecule has 1 atom stereocenters. The Morgan fingerprint density at radius 2 is 2.21 bits per heavy atom. The summed E-state index contributed by atoms with van der Waals surface area (Å²) in [6, 6.07) is 9.21. The van der Waals surface area contributed by atoms with Crippen LogP contribution in [0.5, 0.6) is 0 Å². The first-order valence-electron chi connectivity index (χ1n) is 7.38. The highest BCUT2D eigenvalue weighted by Gasteiger charge is 2.34. The second-order valence-electron chi connectivity index (χ2n) is 5.55. The Morgan fingerprint density at radius 3 is 2.92 bits per heavy atom. The Balaban J connectivity index is 1.62. The highest BCUT2D eigenvalue weighted by Crippen LogP contribution is 2.23. The van der Waals surface area contributed by atoms with Crippen molar-refractivity contribution < 1.29 is 18.9 Å². The summed E-state index contributed by atoms with van der Waals surface area (Å²) in [6.07, 6.45) is 1.64. The molecule has 24 heavy (non-hydrogen) atoms. The first-order valence-corrected chi connectivity index (χ1v) is 7.38. The van der Waals surface area contributed by atoms with Crippen LogP contribution in [0.4, 0.5) is 11.4 Å². The number of nitrogens with one attached hydrogen (secondary N) is 1. The summed E-state index contributed by atoms with van der Waals surface area (Å²) < 4.78 is 5.21. The van der Waals surface area contributed by atoms with Crippen molar-refractivity contribution in [2.75, 3.05) is 11.9 Å². The normalized spacial score (nSPS) is 17.1. The van der Waals surface area contributed by atoms with Crippen LogP contribution in [-0.2, 0) is 16.1 Å². The molecule has 1 aromatic heterocycles. The van der Waals surface area contributed by atoms with E-state index in [1.54, 1.807) is 23.1 Å². The quantitative estimate of drug-likeness (QED) is 0.668. The van der Waals surface area contributed by atoms with E-state index in [2.05, 4.69) is 5.32 Å². The Kier molecular flexibility index (Phi) is 4.28. The van der Waals surface area contributed by atoms with E-state index >= 15 is 0 Å². The Labute approximate surface area is 137 Å². The Bertz CT molecular complexity index is 772. The van der Waals surface area contributed by atoms with Crippen molar-refractivity contribution in [1.82, 2.24) is 4.90 Å². The summed E-state index contributed by atoms with van der Waals surface area (Å²) >= 11 is 0. The molecule has 0 saturated carbocycles. The van der Waals surface area contributed by atoms with Crippen molar-refractivity contribution in [3.05, 3.63) is 58.5 Å². The number of nitro groups is 1. The van der Waals surface area contributed by atoms with Crippen LogP contribution in [-0.4, -0.2) is 28.2 Å². The lowest BCUT2D eigenvalue weighted by Gasteiger charge is -2.15. The van der Waals surface area contributed by atoms with Crippen LogP contribution in [0.15, 0.2) is 47.1 Å². The number of carbonyl (C=O) groups is 2. The van der Waals surface area contributed by atoms with E-state index < -0.39 is 10.8 Å². The fourth-order valence-electron chi connectivity index (χ4n) is 2.63. The van der Waals surface area contributed by atoms with Gasteiger partial charge in [0.2, 0.25) is 11.8 Å². The third-order valence-electron chi connectivity index (χ3n) is 3.84. The third-order valence-corrected chi connectivity index (χ3v) is 3.84. The highest BCUT2D eigenvalue weighted by molar-refractivity contribution is 5.97. The summed E-state index contributed by atoms with van der Waals surface area (Å²) in [6.45, 7) is 0.618. The number of hydrogen-bond acceptors (Lipinski definition) is 5. The molecule has 1 saturated heterocycles. The minimum absolute atomic E-state index is 0.102. The van der Waals surface area contributed by atoms with Crippen LogP contribution < -0.4 is 5.32 Å². The van der Waals surface area contributed by atoms with Crippen LogP contribution in [0.25, 0.3) is 0 Å². The zero-order valence-electron chi connectivity index (χ0n) is 12.7. The summed E-state index contributed by atoms with van der Waals surface area (Å²) in [7, 11) is 0. The second kappa shape index (κ2) is 6.53. The molecule has 0 bridgehead atoms. The predicted molar refractivity (Wildman–Crippen MR) is 84.0 cm³/mol. The van der Waals surface area contributed by atoms with Crippen LogP contribution in [0.3, 0.4) is 0 Å². The Morgan fingerprint density at radius 1 is 1.38 bits per heavy atom. The minimum Gasteiger partial charge on any atom is -0.467 e. The van der Waals surface area contributed by atoms with E-state index in [4.69, 9.17) is 4.42 Å². The van der Waals surface area contributed by atoms with E-state index in [0.29, 0.717) is 24.5 Å². The molecule has 2 amide bonds. The van der Waals surface area contributed by atoms with E-state index in [-0.39, 0.29) is 23.9 Å². The molecular weight excluding hydrogens is 314 g/mol. The molecule has 8 heteroatoms. The molecule has 0 radical (unpaired) electrons. The fraction of sp³-hybridized carbons (Fsp3) is 0.250. The van der Waals surface area contributed by atoms with E-state index in [9.17, 15) is 19.7 Å². The number of likely N-dealkylation sites (tertiary alicyclic amines) is 1. The molecule has 2 aromatic rings. The predicted octanol–water partition coefficient (Wildman–Crippen LogP) is 2.17. The average molecular weight is 329 g/mol. The van der Waals surface area contributed by atoms with Gasteiger partial charge in [0, 0.05) is 30.8 Å². The molecule has 1 aromatic carbocycles. The van der Waals surface area contributed by atoms with E-state index in [1.807, 2.05) is 0 Å². The second-order valence-corrected chi connectivity index (χ2v) is 5.55. The van der Waals surface area contributed by atoms with Crippen molar-refractivity contribution in [1.29, 1.82) is 0 Å². The molecule has 1 aliphatic rings. The first kappa shape index (κ1) is 15.7. The number of anilines is 1. The topological polar surface area (TPSA) is 106 Å². The zero-order valence-corrected chi connectivity index (χ0v) is 12.7. The van der Waals surface area contributed by atoms with Crippen molar-refractivity contribution in [3.63, 3.8) is 0 Å². The van der Waals surface area contributed by atoms with Crippen molar-refractivity contribution >= 4 is 23.2 Å². The maximum Gasteiger partial charge on any atom is 0.271 e. The zero-order chi connectivity index (χ0) is 17.1. The number of nitrogens with zero attached hydrogens (tertiary/aromatic N) is 2. The standard InChI is InChI=1S/C16H15N3O5/c20-15-7-11(9-18(15)10-14-5-2-6-24-14)16(21)17-12-3-1-4-13(8-12)19(22)23/h1-6,8,11H,7,9-10H2,(H,17,21). The van der Waals surface area contributed by atoms with Gasteiger partial charge in [-0.3, -0.25) is 19.7 Å². The maximum absolute atomic E-state index is 12.3. The van der Waals surface area contributed by atoms with Gasteiger partial charge in [0.15, 0.2) is 0 Å².